The topological polar surface area (TPSA) is 26.3 Å². The predicted molar refractivity (Wildman–Crippen MR) is 72.4 cm³/mol. The number of ether oxygens (including phenoxy) is 1. The highest BCUT2D eigenvalue weighted by atomic mass is 32.2. The van der Waals surface area contributed by atoms with Crippen LogP contribution in [0.4, 0.5) is 0 Å². The molecule has 0 aliphatic carbocycles. The van der Waals surface area contributed by atoms with Crippen molar-refractivity contribution in [2.75, 3.05) is 7.11 Å². The third kappa shape index (κ3) is 3.77. The van der Waals surface area contributed by atoms with Crippen molar-refractivity contribution in [1.82, 2.24) is 0 Å². The largest absolute Gasteiger partial charge is 0.468 e. The van der Waals surface area contributed by atoms with Gasteiger partial charge >= 0.3 is 5.97 Å². The molecule has 94 valence electrons. The molecule has 1 aromatic rings. The first kappa shape index (κ1) is 14.1. The highest BCUT2D eigenvalue weighted by Crippen LogP contribution is 2.31. The SMILES string of the molecule is COC(=O)C(Sc1ccc(C)cc1C)C(C)C. The molecule has 0 saturated heterocycles. The molecule has 3 heteroatoms. The van der Waals surface area contributed by atoms with Crippen LogP contribution in [0.15, 0.2) is 23.1 Å². The van der Waals surface area contributed by atoms with Gasteiger partial charge in [0.25, 0.3) is 0 Å². The van der Waals surface area contributed by atoms with E-state index in [2.05, 4.69) is 32.0 Å². The summed E-state index contributed by atoms with van der Waals surface area (Å²) >= 11 is 1.59. The lowest BCUT2D eigenvalue weighted by Gasteiger charge is -2.18. The zero-order valence-corrected chi connectivity index (χ0v) is 11.9. The Balaban J connectivity index is 2.90. The number of carbonyl (C=O) groups is 1. The third-order valence-electron chi connectivity index (χ3n) is 2.62. The molecule has 0 spiro atoms. The summed E-state index contributed by atoms with van der Waals surface area (Å²) in [6, 6.07) is 6.29. The molecule has 0 heterocycles. The van der Waals surface area contributed by atoms with Gasteiger partial charge in [0.05, 0.1) is 7.11 Å². The van der Waals surface area contributed by atoms with Crippen molar-refractivity contribution in [3.63, 3.8) is 0 Å². The quantitative estimate of drug-likeness (QED) is 0.605. The standard InChI is InChI=1S/C14H20O2S/c1-9(2)13(14(15)16-5)17-12-7-6-10(3)8-11(12)4/h6-9,13H,1-5H3. The summed E-state index contributed by atoms with van der Waals surface area (Å²) in [7, 11) is 1.44. The van der Waals surface area contributed by atoms with Crippen molar-refractivity contribution in [3.8, 4) is 0 Å². The summed E-state index contributed by atoms with van der Waals surface area (Å²) in [6.45, 7) is 8.22. The predicted octanol–water partition coefficient (Wildman–Crippen LogP) is 3.59. The Bertz CT molecular complexity index is 399. The molecule has 0 saturated carbocycles. The summed E-state index contributed by atoms with van der Waals surface area (Å²) in [5.41, 5.74) is 2.45. The van der Waals surface area contributed by atoms with Gasteiger partial charge in [-0.05, 0) is 31.4 Å². The molecule has 0 N–H and O–H groups in total. The Morgan fingerprint density at radius 3 is 2.41 bits per heavy atom. The second kappa shape index (κ2) is 6.10. The Labute approximate surface area is 108 Å². The van der Waals surface area contributed by atoms with E-state index in [4.69, 9.17) is 4.74 Å². The molecular weight excluding hydrogens is 232 g/mol. The fourth-order valence-corrected chi connectivity index (χ4v) is 2.77. The number of rotatable bonds is 4. The molecular formula is C14H20O2S. The lowest BCUT2D eigenvalue weighted by Crippen LogP contribution is -2.24. The number of hydrogen-bond acceptors (Lipinski definition) is 3. The molecule has 0 aliphatic rings. The van der Waals surface area contributed by atoms with E-state index in [0.717, 1.165) is 4.90 Å². The van der Waals surface area contributed by atoms with E-state index in [1.54, 1.807) is 11.8 Å². The first-order chi connectivity index (χ1) is 7.95. The number of methoxy groups -OCH3 is 1. The van der Waals surface area contributed by atoms with Crippen molar-refractivity contribution >= 4 is 17.7 Å². The second-order valence-corrected chi connectivity index (χ2v) is 5.76. The van der Waals surface area contributed by atoms with Gasteiger partial charge in [-0.2, -0.15) is 0 Å². The van der Waals surface area contributed by atoms with E-state index in [0.29, 0.717) is 0 Å². The number of carbonyl (C=O) groups excluding carboxylic acids is 1. The first-order valence-corrected chi connectivity index (χ1v) is 6.65. The van der Waals surface area contributed by atoms with Crippen LogP contribution >= 0.6 is 11.8 Å². The molecule has 1 rings (SSSR count). The van der Waals surface area contributed by atoms with E-state index in [-0.39, 0.29) is 17.1 Å². The second-order valence-electron chi connectivity index (χ2n) is 4.57. The minimum atomic E-state index is -0.148. The van der Waals surface area contributed by atoms with Crippen LogP contribution < -0.4 is 0 Å². The van der Waals surface area contributed by atoms with Gasteiger partial charge in [0.2, 0.25) is 0 Å². The maximum atomic E-state index is 11.7. The Hall–Kier alpha value is -0.960. The molecule has 0 radical (unpaired) electrons. The summed E-state index contributed by atoms with van der Waals surface area (Å²) in [6.07, 6.45) is 0. The van der Waals surface area contributed by atoms with Crippen molar-refractivity contribution in [3.05, 3.63) is 29.3 Å². The number of benzene rings is 1. The van der Waals surface area contributed by atoms with E-state index in [1.807, 2.05) is 13.8 Å². The lowest BCUT2D eigenvalue weighted by atomic mass is 10.1. The van der Waals surface area contributed by atoms with Crippen LogP contribution in [0.1, 0.15) is 25.0 Å². The van der Waals surface area contributed by atoms with Crippen LogP contribution in [0.5, 0.6) is 0 Å². The average Bonchev–Trinajstić information content (AvgIpc) is 2.26. The summed E-state index contributed by atoms with van der Waals surface area (Å²) in [4.78, 5) is 12.8. The Morgan fingerprint density at radius 2 is 1.94 bits per heavy atom. The van der Waals surface area contributed by atoms with Crippen LogP contribution in [-0.2, 0) is 9.53 Å². The third-order valence-corrected chi connectivity index (χ3v) is 4.33. The zero-order valence-electron chi connectivity index (χ0n) is 11.1. The molecule has 0 fully saturated rings. The molecule has 0 aromatic heterocycles. The Kier molecular flexibility index (Phi) is 5.06. The number of aryl methyl sites for hydroxylation is 2. The van der Waals surface area contributed by atoms with Crippen LogP contribution in [-0.4, -0.2) is 18.3 Å². The van der Waals surface area contributed by atoms with Crippen molar-refractivity contribution < 1.29 is 9.53 Å². The summed E-state index contributed by atoms with van der Waals surface area (Å²) in [5, 5.41) is -0.138. The Morgan fingerprint density at radius 1 is 1.29 bits per heavy atom. The highest BCUT2D eigenvalue weighted by Gasteiger charge is 2.24. The highest BCUT2D eigenvalue weighted by molar-refractivity contribution is 8.00. The van der Waals surface area contributed by atoms with Crippen molar-refractivity contribution in [2.45, 2.75) is 37.8 Å². The van der Waals surface area contributed by atoms with E-state index >= 15 is 0 Å². The van der Waals surface area contributed by atoms with Crippen molar-refractivity contribution in [1.29, 1.82) is 0 Å². The smallest absolute Gasteiger partial charge is 0.319 e. The lowest BCUT2D eigenvalue weighted by molar-refractivity contribution is -0.140. The number of esters is 1. The van der Waals surface area contributed by atoms with Gasteiger partial charge in [0, 0.05) is 4.90 Å². The van der Waals surface area contributed by atoms with Gasteiger partial charge in [0.15, 0.2) is 0 Å². The van der Waals surface area contributed by atoms with Gasteiger partial charge in [-0.3, -0.25) is 4.79 Å². The fourth-order valence-electron chi connectivity index (χ4n) is 1.64. The van der Waals surface area contributed by atoms with Crippen LogP contribution in [0.25, 0.3) is 0 Å². The maximum Gasteiger partial charge on any atom is 0.319 e. The van der Waals surface area contributed by atoms with Crippen LogP contribution in [0.3, 0.4) is 0 Å². The minimum Gasteiger partial charge on any atom is -0.468 e. The minimum absolute atomic E-state index is 0.138. The van der Waals surface area contributed by atoms with E-state index in [1.165, 1.54) is 18.2 Å². The van der Waals surface area contributed by atoms with E-state index < -0.39 is 0 Å². The molecule has 17 heavy (non-hydrogen) atoms. The van der Waals surface area contributed by atoms with Crippen LogP contribution in [0, 0.1) is 19.8 Å². The van der Waals surface area contributed by atoms with Gasteiger partial charge < -0.3 is 4.74 Å². The zero-order chi connectivity index (χ0) is 13.0. The molecule has 2 nitrogen and oxygen atoms in total. The van der Waals surface area contributed by atoms with E-state index in [9.17, 15) is 4.79 Å². The van der Waals surface area contributed by atoms with Gasteiger partial charge in [-0.15, -0.1) is 11.8 Å². The molecule has 1 unspecified atom stereocenters. The van der Waals surface area contributed by atoms with Gasteiger partial charge in [-0.25, -0.2) is 0 Å². The first-order valence-electron chi connectivity index (χ1n) is 5.77. The molecule has 1 atom stereocenters. The number of thioether (sulfide) groups is 1. The van der Waals surface area contributed by atoms with Gasteiger partial charge in [0.1, 0.15) is 5.25 Å². The molecule has 1 aromatic carbocycles. The molecule has 0 aliphatic heterocycles. The summed E-state index contributed by atoms with van der Waals surface area (Å²) < 4.78 is 4.85. The number of hydrogen-bond donors (Lipinski definition) is 0. The van der Waals surface area contributed by atoms with Crippen LogP contribution in [0.2, 0.25) is 0 Å². The molecule has 0 bridgehead atoms. The van der Waals surface area contributed by atoms with Gasteiger partial charge in [-0.1, -0.05) is 31.5 Å². The average molecular weight is 252 g/mol. The molecule has 0 amide bonds. The summed E-state index contributed by atoms with van der Waals surface area (Å²) in [5.74, 6) is 0.109. The monoisotopic (exact) mass is 252 g/mol. The van der Waals surface area contributed by atoms with Crippen molar-refractivity contribution in [2.24, 2.45) is 5.92 Å². The normalized spacial score (nSPS) is 12.6. The maximum absolute atomic E-state index is 11.7. The fraction of sp³-hybridized carbons (Fsp3) is 0.500.